The van der Waals surface area contributed by atoms with E-state index in [0.29, 0.717) is 22.5 Å². The van der Waals surface area contributed by atoms with Gasteiger partial charge in [0.25, 0.3) is 5.91 Å². The van der Waals surface area contributed by atoms with Gasteiger partial charge in [-0.15, -0.1) is 5.10 Å². The molecule has 5 rings (SSSR count). The molecule has 2 heterocycles. The molecule has 0 saturated carbocycles. The Morgan fingerprint density at radius 3 is 2.58 bits per heavy atom. The maximum Gasteiger partial charge on any atom is 0.335 e. The number of hydrogen-bond acceptors (Lipinski definition) is 8. The molecule has 3 aromatic carbocycles. The minimum absolute atomic E-state index is 0.0312. The van der Waals surface area contributed by atoms with Gasteiger partial charge >= 0.3 is 5.97 Å². The van der Waals surface area contributed by atoms with Crippen molar-refractivity contribution in [2.75, 3.05) is 30.9 Å². The molecule has 0 fully saturated rings. The van der Waals surface area contributed by atoms with Crippen molar-refractivity contribution in [3.63, 3.8) is 0 Å². The lowest BCUT2D eigenvalue weighted by atomic mass is 9.90. The van der Waals surface area contributed by atoms with Gasteiger partial charge in [0.15, 0.2) is 5.82 Å². The van der Waals surface area contributed by atoms with E-state index in [-0.39, 0.29) is 41.4 Å². The third kappa shape index (κ3) is 6.71. The maximum absolute atomic E-state index is 15.1. The second kappa shape index (κ2) is 13.4. The summed E-state index contributed by atoms with van der Waals surface area (Å²) in [5.41, 5.74) is 2.08. The Balaban J connectivity index is 1.50. The van der Waals surface area contributed by atoms with E-state index in [9.17, 15) is 24.3 Å². The molecule has 0 saturated heterocycles. The zero-order valence-electron chi connectivity index (χ0n) is 23.6. The average molecular weight is 634 g/mol. The number of amides is 3. The number of halogens is 2. The number of carboxylic acid groups (broad SMARTS) is 1. The number of rotatable bonds is 9. The summed E-state index contributed by atoms with van der Waals surface area (Å²) in [4.78, 5) is 52.4. The maximum atomic E-state index is 15.1. The van der Waals surface area contributed by atoms with Crippen LogP contribution in [0.15, 0.2) is 67.0 Å². The van der Waals surface area contributed by atoms with Crippen molar-refractivity contribution in [1.82, 2.24) is 25.1 Å². The molecule has 0 aliphatic carbocycles. The van der Waals surface area contributed by atoms with Crippen LogP contribution < -0.4 is 10.6 Å². The normalized spacial score (nSPS) is 14.2. The molecule has 45 heavy (non-hydrogen) atoms. The van der Waals surface area contributed by atoms with Crippen molar-refractivity contribution >= 4 is 52.7 Å². The molecule has 1 aliphatic heterocycles. The van der Waals surface area contributed by atoms with E-state index < -0.39 is 35.5 Å². The Kier molecular flexibility index (Phi) is 9.25. The summed E-state index contributed by atoms with van der Waals surface area (Å²) in [5.74, 6) is -3.52. The zero-order valence-corrected chi connectivity index (χ0v) is 24.4. The average Bonchev–Trinajstić information content (AvgIpc) is 3.56. The quantitative estimate of drug-likeness (QED) is 0.234. The third-order valence-corrected chi connectivity index (χ3v) is 7.29. The predicted molar refractivity (Wildman–Crippen MR) is 160 cm³/mol. The largest absolute Gasteiger partial charge is 0.478 e. The summed E-state index contributed by atoms with van der Waals surface area (Å²) in [5, 5.41) is 25.5. The van der Waals surface area contributed by atoms with E-state index in [4.69, 9.17) is 16.3 Å². The van der Waals surface area contributed by atoms with E-state index >= 15 is 4.39 Å². The van der Waals surface area contributed by atoms with Gasteiger partial charge in [-0.1, -0.05) is 23.7 Å². The second-order valence-corrected chi connectivity index (χ2v) is 10.2. The van der Waals surface area contributed by atoms with Gasteiger partial charge in [0.2, 0.25) is 11.8 Å². The van der Waals surface area contributed by atoms with Gasteiger partial charge in [0.1, 0.15) is 19.0 Å². The standard InChI is InChI=1S/C30H25ClFN7O6/c1-45-15-25(40)35-23-4-2-3-20-19(23)13-14-38(28(20)29(42)34-18-7-5-17(6-8-18)30(43)44)26(41)12-9-21-24(39-16-33-36-37-39)11-10-22(31)27(21)32/h2-12,16,28H,13-15H2,1H3,(H,34,42)(H,35,40)(H,43,44)/b12-9+. The summed E-state index contributed by atoms with van der Waals surface area (Å²) in [7, 11) is 1.39. The molecule has 3 N–H and O–H groups in total. The smallest absolute Gasteiger partial charge is 0.335 e. The number of aromatic carboxylic acids is 1. The fourth-order valence-electron chi connectivity index (χ4n) is 4.97. The van der Waals surface area contributed by atoms with Crippen LogP contribution in [0.2, 0.25) is 5.02 Å². The van der Waals surface area contributed by atoms with Gasteiger partial charge in [0.05, 0.1) is 16.3 Å². The van der Waals surface area contributed by atoms with Gasteiger partial charge in [0, 0.05) is 36.7 Å². The van der Waals surface area contributed by atoms with Crippen LogP contribution in [0.1, 0.15) is 33.1 Å². The molecule has 0 spiro atoms. The molecule has 3 amide bonds. The molecular weight excluding hydrogens is 609 g/mol. The number of carbonyl (C=O) groups is 4. The number of fused-ring (bicyclic) bond motifs is 1. The molecule has 4 aromatic rings. The first-order valence-corrected chi connectivity index (χ1v) is 13.8. The van der Waals surface area contributed by atoms with Crippen molar-refractivity contribution < 1.29 is 33.4 Å². The number of tetrazole rings is 1. The van der Waals surface area contributed by atoms with Gasteiger partial charge < -0.3 is 25.4 Å². The van der Waals surface area contributed by atoms with Crippen molar-refractivity contribution in [1.29, 1.82) is 0 Å². The van der Waals surface area contributed by atoms with E-state index in [1.54, 1.807) is 18.2 Å². The number of anilines is 2. The Labute approximate surface area is 260 Å². The van der Waals surface area contributed by atoms with Gasteiger partial charge in [-0.3, -0.25) is 14.4 Å². The van der Waals surface area contributed by atoms with E-state index in [1.165, 1.54) is 65.5 Å². The summed E-state index contributed by atoms with van der Waals surface area (Å²) >= 11 is 6.02. The highest BCUT2D eigenvalue weighted by Gasteiger charge is 2.36. The number of nitrogens with zero attached hydrogens (tertiary/aromatic N) is 5. The molecule has 0 radical (unpaired) electrons. The van der Waals surface area contributed by atoms with Crippen LogP contribution in [0.3, 0.4) is 0 Å². The number of hydrogen-bond donors (Lipinski definition) is 3. The van der Waals surface area contributed by atoms with Gasteiger partial charge in [-0.25, -0.2) is 9.18 Å². The van der Waals surface area contributed by atoms with E-state index in [0.717, 1.165) is 6.08 Å². The molecule has 1 atom stereocenters. The second-order valence-electron chi connectivity index (χ2n) is 9.79. The molecule has 15 heteroatoms. The number of nitrogens with one attached hydrogen (secondary N) is 2. The number of carbonyl (C=O) groups excluding carboxylic acids is 3. The molecule has 230 valence electrons. The Bertz CT molecular complexity index is 1800. The van der Waals surface area contributed by atoms with Crippen molar-refractivity contribution in [3.8, 4) is 5.69 Å². The lowest BCUT2D eigenvalue weighted by molar-refractivity contribution is -0.135. The highest BCUT2D eigenvalue weighted by atomic mass is 35.5. The Morgan fingerprint density at radius 1 is 1.11 bits per heavy atom. The highest BCUT2D eigenvalue weighted by molar-refractivity contribution is 6.31. The fraction of sp³-hybridized carbons (Fsp3) is 0.167. The van der Waals surface area contributed by atoms with Crippen LogP contribution in [0.5, 0.6) is 0 Å². The van der Waals surface area contributed by atoms with Crippen LogP contribution in [0, 0.1) is 5.82 Å². The monoisotopic (exact) mass is 633 g/mol. The summed E-state index contributed by atoms with van der Waals surface area (Å²) < 4.78 is 21.3. The van der Waals surface area contributed by atoms with Gasteiger partial charge in [-0.05, 0) is 76.5 Å². The fourth-order valence-corrected chi connectivity index (χ4v) is 5.13. The lowest BCUT2D eigenvalue weighted by Crippen LogP contribution is -2.45. The van der Waals surface area contributed by atoms with Crippen LogP contribution in [-0.4, -0.2) is 74.2 Å². The van der Waals surface area contributed by atoms with Crippen molar-refractivity contribution in [3.05, 3.63) is 100 Å². The zero-order chi connectivity index (χ0) is 32.1. The van der Waals surface area contributed by atoms with Crippen LogP contribution in [0.25, 0.3) is 11.8 Å². The molecule has 1 aromatic heterocycles. The SMILES string of the molecule is COCC(=O)Nc1cccc2c1CCN(C(=O)/C=C/c1c(-n3cnnn3)ccc(Cl)c1F)C2C(=O)Nc1ccc(C(=O)O)cc1. The first-order valence-electron chi connectivity index (χ1n) is 13.4. The van der Waals surface area contributed by atoms with Crippen molar-refractivity contribution in [2.24, 2.45) is 0 Å². The summed E-state index contributed by atoms with van der Waals surface area (Å²) in [6, 6.07) is 12.2. The summed E-state index contributed by atoms with van der Waals surface area (Å²) in [6.07, 6.45) is 3.91. The third-order valence-electron chi connectivity index (χ3n) is 7.00. The molecule has 0 bridgehead atoms. The van der Waals surface area contributed by atoms with Gasteiger partial charge in [-0.2, -0.15) is 4.68 Å². The van der Waals surface area contributed by atoms with Crippen LogP contribution in [-0.2, 0) is 25.5 Å². The molecule has 1 unspecified atom stereocenters. The minimum atomic E-state index is -1.17. The number of benzene rings is 3. The van der Waals surface area contributed by atoms with E-state index in [1.807, 2.05) is 0 Å². The number of ether oxygens (including phenoxy) is 1. The molecular formula is C30H25ClFN7O6. The number of aromatic nitrogens is 4. The molecule has 1 aliphatic rings. The number of methoxy groups -OCH3 is 1. The van der Waals surface area contributed by atoms with Crippen LogP contribution in [0.4, 0.5) is 15.8 Å². The Morgan fingerprint density at radius 2 is 1.89 bits per heavy atom. The number of carboxylic acids is 1. The first-order chi connectivity index (χ1) is 21.7. The topological polar surface area (TPSA) is 169 Å². The predicted octanol–water partition coefficient (Wildman–Crippen LogP) is 3.52. The minimum Gasteiger partial charge on any atom is -0.478 e. The van der Waals surface area contributed by atoms with Crippen molar-refractivity contribution in [2.45, 2.75) is 12.5 Å². The highest BCUT2D eigenvalue weighted by Crippen LogP contribution is 2.35. The Hall–Kier alpha value is -5.47. The van der Waals surface area contributed by atoms with E-state index in [2.05, 4.69) is 26.2 Å². The lowest BCUT2D eigenvalue weighted by Gasteiger charge is -2.36. The first kappa shape index (κ1) is 31.0. The van der Waals surface area contributed by atoms with Crippen LogP contribution >= 0.6 is 11.6 Å². The summed E-state index contributed by atoms with van der Waals surface area (Å²) in [6.45, 7) is -0.108. The molecule has 13 nitrogen and oxygen atoms in total.